The van der Waals surface area contributed by atoms with Gasteiger partial charge in [0.1, 0.15) is 34.5 Å². The maximum absolute atomic E-state index is 13.2. The number of alkyl halides is 8. The van der Waals surface area contributed by atoms with E-state index in [0.717, 1.165) is 63.4 Å². The fraction of sp³-hybridized carbons (Fsp3) is 0.352. The van der Waals surface area contributed by atoms with Crippen molar-refractivity contribution in [2.24, 2.45) is 0 Å². The van der Waals surface area contributed by atoms with Gasteiger partial charge >= 0.3 is 12.4 Å². The first-order valence-corrected chi connectivity index (χ1v) is 40.2. The lowest BCUT2D eigenvalue weighted by atomic mass is 10.1. The zero-order valence-electron chi connectivity index (χ0n) is 70.6. The Kier molecular flexibility index (Phi) is 34.0. The van der Waals surface area contributed by atoms with Crippen molar-refractivity contribution in [3.8, 4) is 34.5 Å². The zero-order chi connectivity index (χ0) is 90.6. The van der Waals surface area contributed by atoms with E-state index in [-0.39, 0.29) is 54.2 Å². The van der Waals surface area contributed by atoms with Gasteiger partial charge in [0.05, 0.1) is 95.9 Å². The highest BCUT2D eigenvalue weighted by Gasteiger charge is 2.34. The van der Waals surface area contributed by atoms with Crippen molar-refractivity contribution >= 4 is 87.0 Å². The summed E-state index contributed by atoms with van der Waals surface area (Å²) in [5, 5.41) is 37.7. The molecule has 0 spiro atoms. The van der Waals surface area contributed by atoms with Gasteiger partial charge in [-0.15, -0.1) is 0 Å². The molecule has 0 radical (unpaired) electrons. The van der Waals surface area contributed by atoms with Crippen LogP contribution in [0.25, 0.3) is 0 Å². The van der Waals surface area contributed by atoms with E-state index in [1.807, 2.05) is 57.2 Å². The molecule has 6 heterocycles. The molecule has 6 amide bonds. The van der Waals surface area contributed by atoms with Crippen LogP contribution in [0.15, 0.2) is 165 Å². The SMILES string of the molecule is C=CC(=O)Nc1cc(N2CCN(CC(F)(F)F)CC2)ccc1C(=O)Nc1cc(CCc2cc(OC)cc(OC)c2)[nH]n1.C=CC(=O)Nc1cc(N2CCN(CC(F)F)CC2)ccc1C(=O)Nc1cc(CCc2cc(OC)cc(OC)c2)[nH]n1.C=CC(=O)Nc1cc(N2CCN(CCC(F)(F)F)CC2)ccc1C(=O)Nc1cc(CCc2cc(OC)cc(OC)c2)[nH]n1. The number of rotatable bonds is 35. The summed E-state index contributed by atoms with van der Waals surface area (Å²) in [4.78, 5) is 86.9. The lowest BCUT2D eigenvalue weighted by Crippen LogP contribution is -2.49. The minimum absolute atomic E-state index is 0.0399. The Morgan fingerprint density at radius 1 is 0.381 bits per heavy atom. The molecule has 3 aliphatic rings. The van der Waals surface area contributed by atoms with Crippen LogP contribution in [0.3, 0.4) is 0 Å². The third kappa shape index (κ3) is 28.8. The number of halogens is 8. The first-order chi connectivity index (χ1) is 60.4. The van der Waals surface area contributed by atoms with Gasteiger partial charge in [0.25, 0.3) is 24.1 Å². The van der Waals surface area contributed by atoms with Crippen molar-refractivity contribution in [3.05, 3.63) is 216 Å². The number of hydrogen-bond donors (Lipinski definition) is 9. The molecule has 3 aliphatic heterocycles. The lowest BCUT2D eigenvalue weighted by Gasteiger charge is -2.36. The van der Waals surface area contributed by atoms with Gasteiger partial charge in [0, 0.05) is 156 Å². The molecule has 3 saturated heterocycles. The maximum atomic E-state index is 13.2. The Labute approximate surface area is 723 Å². The van der Waals surface area contributed by atoms with Crippen LogP contribution in [-0.4, -0.2) is 240 Å². The lowest BCUT2D eigenvalue weighted by molar-refractivity contribution is -0.146. The first-order valence-electron chi connectivity index (χ1n) is 40.2. The number of piperazine rings is 3. The molecule has 30 nitrogen and oxygen atoms in total. The fourth-order valence-corrected chi connectivity index (χ4v) is 14.0. The number of H-pyrrole nitrogens is 3. The first kappa shape index (κ1) is 94.8. The summed E-state index contributed by atoms with van der Waals surface area (Å²) in [5.41, 5.74) is 9.15. The number of ether oxygens (including phenoxy) is 6. The number of aromatic nitrogens is 6. The molecule has 3 fully saturated rings. The Morgan fingerprint density at radius 2 is 0.667 bits per heavy atom. The monoisotopic (exact) mass is 1750 g/mol. The summed E-state index contributed by atoms with van der Waals surface area (Å²) in [6, 6.07) is 37.2. The molecular formula is C88H102F8N18O12. The number of carbonyl (C=O) groups excluding carboxylic acids is 6. The van der Waals surface area contributed by atoms with E-state index in [0.29, 0.717) is 167 Å². The van der Waals surface area contributed by atoms with Gasteiger partial charge in [-0.1, -0.05) is 19.7 Å². The molecule has 0 unspecified atom stereocenters. The molecule has 12 rings (SSSR count). The van der Waals surface area contributed by atoms with E-state index in [1.165, 1.54) is 4.90 Å². The van der Waals surface area contributed by atoms with E-state index in [1.54, 1.807) is 137 Å². The summed E-state index contributed by atoms with van der Waals surface area (Å²) in [6.45, 7) is 14.4. The van der Waals surface area contributed by atoms with Crippen molar-refractivity contribution in [3.63, 3.8) is 0 Å². The van der Waals surface area contributed by atoms with Gasteiger partial charge in [-0.2, -0.15) is 41.6 Å². The van der Waals surface area contributed by atoms with Crippen LogP contribution in [0.1, 0.15) is 71.3 Å². The van der Waals surface area contributed by atoms with Crippen LogP contribution in [0.5, 0.6) is 34.5 Å². The number of anilines is 9. The zero-order valence-corrected chi connectivity index (χ0v) is 70.6. The number of amides is 6. The fourth-order valence-electron chi connectivity index (χ4n) is 14.0. The summed E-state index contributed by atoms with van der Waals surface area (Å²) < 4.78 is 133. The second-order valence-electron chi connectivity index (χ2n) is 29.4. The standard InChI is InChI=1S/C30H35F3N6O4.C29H33F3N6O4.C29H34F2N6O4/c1-4-28(40)34-26-18-22(39-13-11-38(12-14-39)10-9-30(31,32)33)7-8-25(26)29(41)35-27-17-21(36-37-27)6-5-20-15-23(42-2)19-24(16-20)43-3;1-4-27(39)33-25-16-21(38-11-9-37(10-12-38)18-29(30,31)32)7-8-24(25)28(40)34-26-15-20(35-36-26)6-5-19-13-22(41-2)17-23(14-19)42-3;1-4-28(38)32-25-16-21(37-11-9-36(10-12-37)18-26(30)31)7-8-24(25)29(39)33-27-15-20(34-35-27)6-5-19-13-22(40-2)17-23(14-19)41-3/h4,7-8,15-19H,1,5-6,9-14H2,2-3H3,(H,34,40)(H2,35,36,37,41);4,7-8,13-17H,1,5-6,9-12,18H2,2-3H3,(H,33,39)(H2,34,35,36,40);4,7-8,13-17,26H,1,5-6,9-12,18H2,2-3H3,(H,32,38)(H2,33,34,35,39). The number of benzene rings is 6. The molecule has 9 aromatic rings. The van der Waals surface area contributed by atoms with Gasteiger partial charge in [0.15, 0.2) is 17.5 Å². The van der Waals surface area contributed by atoms with E-state index >= 15 is 0 Å². The summed E-state index contributed by atoms with van der Waals surface area (Å²) in [5.74, 6) is 2.28. The minimum Gasteiger partial charge on any atom is -0.497 e. The van der Waals surface area contributed by atoms with E-state index in [9.17, 15) is 63.9 Å². The van der Waals surface area contributed by atoms with Crippen LogP contribution in [-0.2, 0) is 52.9 Å². The van der Waals surface area contributed by atoms with Crippen molar-refractivity contribution < 1.29 is 92.3 Å². The third-order valence-corrected chi connectivity index (χ3v) is 20.7. The van der Waals surface area contributed by atoms with Crippen LogP contribution in [0.4, 0.5) is 86.7 Å². The van der Waals surface area contributed by atoms with Crippen LogP contribution >= 0.6 is 0 Å². The smallest absolute Gasteiger partial charge is 0.401 e. The molecule has 38 heteroatoms. The molecule has 3 aromatic heterocycles. The normalized spacial score (nSPS) is 13.8. The second kappa shape index (κ2) is 45.2. The molecule has 9 N–H and O–H groups in total. The van der Waals surface area contributed by atoms with Gasteiger partial charge in [0.2, 0.25) is 17.7 Å². The Morgan fingerprint density at radius 3 is 0.929 bits per heavy atom. The molecule has 0 saturated carbocycles. The molecule has 0 bridgehead atoms. The van der Waals surface area contributed by atoms with E-state index < -0.39 is 67.2 Å². The highest BCUT2D eigenvalue weighted by Crippen LogP contribution is 2.34. The quantitative estimate of drug-likeness (QED) is 0.0132. The van der Waals surface area contributed by atoms with Crippen molar-refractivity contribution in [2.75, 3.05) is 187 Å². The topological polar surface area (TPSA) is 335 Å². The van der Waals surface area contributed by atoms with Gasteiger partial charge in [-0.3, -0.25) is 58.8 Å². The highest BCUT2D eigenvalue weighted by molar-refractivity contribution is 6.13. The predicted octanol–water partition coefficient (Wildman–Crippen LogP) is 12.9. The molecule has 672 valence electrons. The maximum Gasteiger partial charge on any atom is 0.401 e. The molecule has 126 heavy (non-hydrogen) atoms. The molecule has 0 aliphatic carbocycles. The largest absolute Gasteiger partial charge is 0.497 e. The van der Waals surface area contributed by atoms with Gasteiger partial charge in [-0.25, -0.2) is 8.78 Å². The van der Waals surface area contributed by atoms with Crippen LogP contribution < -0.4 is 75.0 Å². The molecule has 6 aromatic carbocycles. The van der Waals surface area contributed by atoms with Crippen molar-refractivity contribution in [1.29, 1.82) is 0 Å². The number of nitrogens with one attached hydrogen (secondary N) is 9. The molecular weight excluding hydrogens is 1650 g/mol. The minimum atomic E-state index is -4.25. The van der Waals surface area contributed by atoms with Crippen molar-refractivity contribution in [2.45, 2.75) is 63.7 Å². The Balaban J connectivity index is 0.000000197. The van der Waals surface area contributed by atoms with Crippen LogP contribution in [0, 0.1) is 0 Å². The van der Waals surface area contributed by atoms with Gasteiger partial charge in [-0.05, 0) is 164 Å². The third-order valence-electron chi connectivity index (χ3n) is 20.7. The number of aromatic amines is 3. The highest BCUT2D eigenvalue weighted by atomic mass is 19.4. The number of hydrogen-bond acceptors (Lipinski definition) is 21. The predicted molar refractivity (Wildman–Crippen MR) is 465 cm³/mol. The summed E-state index contributed by atoms with van der Waals surface area (Å²) >= 11 is 0. The second-order valence-corrected chi connectivity index (χ2v) is 29.4. The average molecular weight is 1760 g/mol. The van der Waals surface area contributed by atoms with Gasteiger partial charge < -0.3 is 75.0 Å². The van der Waals surface area contributed by atoms with E-state index in [4.69, 9.17) is 28.4 Å². The van der Waals surface area contributed by atoms with E-state index in [2.05, 4.69) is 82.2 Å². The summed E-state index contributed by atoms with van der Waals surface area (Å²) in [7, 11) is 9.57. The van der Waals surface area contributed by atoms with Crippen molar-refractivity contribution in [1.82, 2.24) is 45.3 Å². The summed E-state index contributed by atoms with van der Waals surface area (Å²) in [6.07, 6.45) is -4.42. The number of aryl methyl sites for hydroxylation is 6. The number of nitrogens with zero attached hydrogens (tertiary/aromatic N) is 9. The number of carbonyl (C=O) groups is 6. The Hall–Kier alpha value is -13.5. The number of methoxy groups -OCH3 is 6. The molecule has 0 atom stereocenters. The Bertz CT molecular complexity index is 5160. The van der Waals surface area contributed by atoms with Crippen LogP contribution in [0.2, 0.25) is 0 Å². The average Bonchev–Trinajstić information content (AvgIpc) is 0.836.